The van der Waals surface area contributed by atoms with E-state index in [1.54, 1.807) is 6.20 Å². The van der Waals surface area contributed by atoms with E-state index in [2.05, 4.69) is 20.6 Å². The number of rotatable bonds is 2. The zero-order valence-corrected chi connectivity index (χ0v) is 11.5. The van der Waals surface area contributed by atoms with Gasteiger partial charge in [0.15, 0.2) is 5.65 Å². The Bertz CT molecular complexity index is 787. The first kappa shape index (κ1) is 13.1. The monoisotopic (exact) mass is 278 g/mol. The predicted molar refractivity (Wildman–Crippen MR) is 83.4 cm³/mol. The average molecular weight is 278 g/mol. The van der Waals surface area contributed by atoms with Crippen LogP contribution in [0.4, 0.5) is 16.2 Å². The molecule has 0 bridgehead atoms. The van der Waals surface area contributed by atoms with Gasteiger partial charge in [0.2, 0.25) is 0 Å². The number of carbonyl (C=O) groups excluding carboxylic acids is 1. The van der Waals surface area contributed by atoms with Crippen molar-refractivity contribution < 1.29 is 4.79 Å². The van der Waals surface area contributed by atoms with Crippen molar-refractivity contribution in [2.45, 2.75) is 6.92 Å². The van der Waals surface area contributed by atoms with E-state index < -0.39 is 0 Å². The van der Waals surface area contributed by atoms with Gasteiger partial charge in [-0.25, -0.2) is 14.8 Å². The molecule has 2 aromatic heterocycles. The molecule has 2 N–H and O–H groups in total. The fourth-order valence-electron chi connectivity index (χ4n) is 2.03. The van der Waals surface area contributed by atoms with Gasteiger partial charge in [-0.15, -0.1) is 0 Å². The lowest BCUT2D eigenvalue weighted by atomic mass is 10.2. The Labute approximate surface area is 122 Å². The zero-order valence-electron chi connectivity index (χ0n) is 11.5. The Morgan fingerprint density at radius 2 is 1.86 bits per heavy atom. The number of fused-ring (bicyclic) bond motifs is 1. The Balaban J connectivity index is 1.81. The third kappa shape index (κ3) is 2.97. The van der Waals surface area contributed by atoms with Crippen molar-refractivity contribution in [3.05, 3.63) is 60.4 Å². The molecular weight excluding hydrogens is 264 g/mol. The molecule has 0 saturated heterocycles. The molecule has 3 aromatic rings. The number of pyridine rings is 2. The van der Waals surface area contributed by atoms with E-state index in [4.69, 9.17) is 0 Å². The topological polar surface area (TPSA) is 66.9 Å². The van der Waals surface area contributed by atoms with Gasteiger partial charge in [0.25, 0.3) is 0 Å². The number of hydrogen-bond acceptors (Lipinski definition) is 3. The van der Waals surface area contributed by atoms with E-state index >= 15 is 0 Å². The number of para-hydroxylation sites is 1. The molecule has 5 nitrogen and oxygen atoms in total. The standard InChI is InChI=1S/C16H14N4O/c1-11-14(10-12-6-5-9-17-15(12)18-11)20-16(21)19-13-7-3-2-4-8-13/h2-10H,1H3,(H2,19,20,21). The summed E-state index contributed by atoms with van der Waals surface area (Å²) in [5, 5.41) is 6.47. The van der Waals surface area contributed by atoms with Crippen LogP contribution in [-0.2, 0) is 0 Å². The van der Waals surface area contributed by atoms with Gasteiger partial charge in [0, 0.05) is 17.3 Å². The Morgan fingerprint density at radius 3 is 2.67 bits per heavy atom. The van der Waals surface area contributed by atoms with Crippen LogP contribution in [0, 0.1) is 6.92 Å². The summed E-state index contributed by atoms with van der Waals surface area (Å²) < 4.78 is 0. The van der Waals surface area contributed by atoms with Gasteiger partial charge >= 0.3 is 6.03 Å². The van der Waals surface area contributed by atoms with E-state index in [1.165, 1.54) is 0 Å². The number of amides is 2. The number of carbonyl (C=O) groups is 1. The first-order valence-electron chi connectivity index (χ1n) is 6.58. The number of aryl methyl sites for hydroxylation is 1. The molecule has 2 amide bonds. The van der Waals surface area contributed by atoms with Crippen LogP contribution in [0.15, 0.2) is 54.7 Å². The first-order chi connectivity index (χ1) is 10.2. The zero-order chi connectivity index (χ0) is 14.7. The smallest absolute Gasteiger partial charge is 0.308 e. The molecular formula is C16H14N4O. The van der Waals surface area contributed by atoms with Gasteiger partial charge in [-0.3, -0.25) is 0 Å². The van der Waals surface area contributed by atoms with Gasteiger partial charge in [-0.1, -0.05) is 18.2 Å². The fourth-order valence-corrected chi connectivity index (χ4v) is 2.03. The van der Waals surface area contributed by atoms with Crippen LogP contribution < -0.4 is 10.6 Å². The number of urea groups is 1. The summed E-state index contributed by atoms with van der Waals surface area (Å²) in [7, 11) is 0. The highest BCUT2D eigenvalue weighted by molar-refractivity contribution is 6.01. The molecule has 0 saturated carbocycles. The maximum atomic E-state index is 12.0. The van der Waals surface area contributed by atoms with E-state index in [1.807, 2.05) is 55.5 Å². The summed E-state index contributed by atoms with van der Waals surface area (Å²) in [6.45, 7) is 1.84. The third-order valence-electron chi connectivity index (χ3n) is 3.06. The molecule has 104 valence electrons. The van der Waals surface area contributed by atoms with Crippen LogP contribution >= 0.6 is 0 Å². The largest absolute Gasteiger partial charge is 0.323 e. The molecule has 0 unspecified atom stereocenters. The highest BCUT2D eigenvalue weighted by Gasteiger charge is 2.07. The van der Waals surface area contributed by atoms with Crippen molar-refractivity contribution in [3.8, 4) is 0 Å². The van der Waals surface area contributed by atoms with E-state index in [0.29, 0.717) is 11.3 Å². The Kier molecular flexibility index (Phi) is 3.47. The molecule has 0 aliphatic carbocycles. The van der Waals surface area contributed by atoms with Crippen molar-refractivity contribution in [3.63, 3.8) is 0 Å². The van der Waals surface area contributed by atoms with Crippen molar-refractivity contribution in [2.75, 3.05) is 10.6 Å². The summed E-state index contributed by atoms with van der Waals surface area (Å²) >= 11 is 0. The van der Waals surface area contributed by atoms with Gasteiger partial charge in [0.1, 0.15) is 0 Å². The van der Waals surface area contributed by atoms with Crippen LogP contribution in [0.1, 0.15) is 5.69 Å². The number of nitrogens with one attached hydrogen (secondary N) is 2. The lowest BCUT2D eigenvalue weighted by molar-refractivity contribution is 0.262. The van der Waals surface area contributed by atoms with Crippen molar-refractivity contribution in [1.82, 2.24) is 9.97 Å². The van der Waals surface area contributed by atoms with Gasteiger partial charge in [0.05, 0.1) is 11.4 Å². The minimum absolute atomic E-state index is 0.297. The molecule has 0 radical (unpaired) electrons. The maximum absolute atomic E-state index is 12.0. The van der Waals surface area contributed by atoms with Gasteiger partial charge in [-0.2, -0.15) is 0 Å². The summed E-state index contributed by atoms with van der Waals surface area (Å²) in [6.07, 6.45) is 1.70. The molecule has 0 atom stereocenters. The second-order valence-corrected chi connectivity index (χ2v) is 4.62. The van der Waals surface area contributed by atoms with Gasteiger partial charge in [-0.05, 0) is 37.3 Å². The minimum atomic E-state index is -0.297. The van der Waals surface area contributed by atoms with E-state index in [0.717, 1.165) is 16.8 Å². The Hall–Kier alpha value is -2.95. The summed E-state index contributed by atoms with van der Waals surface area (Å²) in [6, 6.07) is 14.6. The van der Waals surface area contributed by atoms with Crippen LogP contribution in [0.3, 0.4) is 0 Å². The second kappa shape index (κ2) is 5.58. The number of hydrogen-bond donors (Lipinski definition) is 2. The normalized spacial score (nSPS) is 10.3. The molecule has 3 rings (SSSR count). The summed E-state index contributed by atoms with van der Waals surface area (Å²) in [5.41, 5.74) is 2.81. The molecule has 21 heavy (non-hydrogen) atoms. The highest BCUT2D eigenvalue weighted by atomic mass is 16.2. The summed E-state index contributed by atoms with van der Waals surface area (Å²) in [4.78, 5) is 20.6. The van der Waals surface area contributed by atoms with Crippen LogP contribution in [-0.4, -0.2) is 16.0 Å². The van der Waals surface area contributed by atoms with Crippen molar-refractivity contribution >= 4 is 28.4 Å². The number of benzene rings is 1. The Morgan fingerprint density at radius 1 is 1.05 bits per heavy atom. The SMILES string of the molecule is Cc1nc2ncccc2cc1NC(=O)Nc1ccccc1. The van der Waals surface area contributed by atoms with Crippen LogP contribution in [0.5, 0.6) is 0 Å². The van der Waals surface area contributed by atoms with E-state index in [9.17, 15) is 4.79 Å². The predicted octanol–water partition coefficient (Wildman–Crippen LogP) is 3.58. The van der Waals surface area contributed by atoms with E-state index in [-0.39, 0.29) is 6.03 Å². The molecule has 2 heterocycles. The quantitative estimate of drug-likeness (QED) is 0.753. The molecule has 5 heteroatoms. The molecule has 0 spiro atoms. The fraction of sp³-hybridized carbons (Fsp3) is 0.0625. The number of aromatic nitrogens is 2. The lowest BCUT2D eigenvalue weighted by Crippen LogP contribution is -2.20. The van der Waals surface area contributed by atoms with Crippen LogP contribution in [0.25, 0.3) is 11.0 Å². The number of anilines is 2. The van der Waals surface area contributed by atoms with Crippen molar-refractivity contribution in [1.29, 1.82) is 0 Å². The maximum Gasteiger partial charge on any atom is 0.323 e. The molecule has 0 fully saturated rings. The van der Waals surface area contributed by atoms with Crippen LogP contribution in [0.2, 0.25) is 0 Å². The molecule has 1 aromatic carbocycles. The van der Waals surface area contributed by atoms with Gasteiger partial charge < -0.3 is 10.6 Å². The second-order valence-electron chi connectivity index (χ2n) is 4.62. The molecule has 0 aliphatic heterocycles. The summed E-state index contributed by atoms with van der Waals surface area (Å²) in [5.74, 6) is 0. The van der Waals surface area contributed by atoms with Crippen molar-refractivity contribution in [2.24, 2.45) is 0 Å². The number of nitrogens with zero attached hydrogens (tertiary/aromatic N) is 2. The molecule has 0 aliphatic rings. The first-order valence-corrected chi connectivity index (χ1v) is 6.58. The minimum Gasteiger partial charge on any atom is -0.308 e. The average Bonchev–Trinajstić information content (AvgIpc) is 2.49. The lowest BCUT2D eigenvalue weighted by Gasteiger charge is -2.10. The third-order valence-corrected chi connectivity index (χ3v) is 3.06. The highest BCUT2D eigenvalue weighted by Crippen LogP contribution is 2.19.